The molecule has 0 unspecified atom stereocenters. The number of rotatable bonds is 9. The minimum absolute atomic E-state index is 0.107. The van der Waals surface area contributed by atoms with Crippen molar-refractivity contribution in [1.29, 1.82) is 0 Å². The lowest BCUT2D eigenvalue weighted by atomic mass is 9.79. The predicted octanol–water partition coefficient (Wildman–Crippen LogP) is 6.33. The van der Waals surface area contributed by atoms with E-state index in [2.05, 4.69) is 4.98 Å². The molecule has 0 amide bonds. The third kappa shape index (κ3) is 4.93. The van der Waals surface area contributed by atoms with Crippen molar-refractivity contribution in [2.75, 3.05) is 6.61 Å². The van der Waals surface area contributed by atoms with Crippen LogP contribution in [0.25, 0.3) is 0 Å². The normalized spacial score (nSPS) is 16.8. The average Bonchev–Trinajstić information content (AvgIpc) is 3.59. The van der Waals surface area contributed by atoms with E-state index in [9.17, 15) is 4.39 Å². The zero-order valence-electron chi connectivity index (χ0n) is 18.3. The van der Waals surface area contributed by atoms with Crippen LogP contribution < -0.4 is 9.47 Å². The smallest absolute Gasteiger partial charge is 0.250 e. The molecule has 162 valence electrons. The lowest BCUT2D eigenvalue weighted by molar-refractivity contribution is 0.270. The van der Waals surface area contributed by atoms with Gasteiger partial charge in [0.2, 0.25) is 0 Å². The molecule has 2 aliphatic carbocycles. The molecule has 5 heteroatoms. The molecule has 0 N–H and O–H groups in total. The van der Waals surface area contributed by atoms with Gasteiger partial charge in [-0.2, -0.15) is 0 Å². The summed E-state index contributed by atoms with van der Waals surface area (Å²) in [5, 5.41) is 0. The molecule has 1 heterocycles. The van der Waals surface area contributed by atoms with Crippen molar-refractivity contribution < 1.29 is 18.3 Å². The summed E-state index contributed by atoms with van der Waals surface area (Å²) >= 11 is 0. The Labute approximate surface area is 177 Å². The van der Waals surface area contributed by atoms with Gasteiger partial charge in [0.15, 0.2) is 17.4 Å². The van der Waals surface area contributed by atoms with Gasteiger partial charge in [-0.05, 0) is 78.7 Å². The highest BCUT2D eigenvalue weighted by Crippen LogP contribution is 2.36. The molecule has 0 bridgehead atoms. The van der Waals surface area contributed by atoms with Crippen LogP contribution in [-0.4, -0.2) is 17.7 Å². The summed E-state index contributed by atoms with van der Waals surface area (Å²) in [5.74, 6) is 0.349. The fraction of sp³-hybridized carbons (Fsp3) is 0.560. The summed E-state index contributed by atoms with van der Waals surface area (Å²) in [7, 11) is 0. The van der Waals surface area contributed by atoms with Gasteiger partial charge in [0.25, 0.3) is 5.88 Å². The van der Waals surface area contributed by atoms with Crippen LogP contribution in [0.1, 0.15) is 76.1 Å². The maximum atomic E-state index is 15.3. The van der Waals surface area contributed by atoms with Crippen molar-refractivity contribution in [1.82, 2.24) is 4.98 Å². The van der Waals surface area contributed by atoms with Crippen molar-refractivity contribution in [3.63, 3.8) is 0 Å². The summed E-state index contributed by atoms with van der Waals surface area (Å²) < 4.78 is 40.9. The molecular weight excluding hydrogens is 384 g/mol. The third-order valence-corrected chi connectivity index (χ3v) is 5.93. The van der Waals surface area contributed by atoms with Crippen LogP contribution in [-0.2, 0) is 11.8 Å². The number of hydrogen-bond donors (Lipinski definition) is 0. The molecule has 0 aliphatic heterocycles. The Kier molecular flexibility index (Phi) is 5.73. The summed E-state index contributed by atoms with van der Waals surface area (Å²) in [6.45, 7) is 8.69. The van der Waals surface area contributed by atoms with Crippen LogP contribution in [0.15, 0.2) is 24.3 Å². The molecule has 2 saturated carbocycles. The number of benzene rings is 1. The van der Waals surface area contributed by atoms with Gasteiger partial charge in [-0.3, -0.25) is 0 Å². The van der Waals surface area contributed by atoms with Gasteiger partial charge in [-0.15, -0.1) is 0 Å². The second-order valence-corrected chi connectivity index (χ2v) is 9.76. The van der Waals surface area contributed by atoms with Crippen LogP contribution in [0.5, 0.6) is 11.6 Å². The Hall–Kier alpha value is -2.17. The van der Waals surface area contributed by atoms with Crippen molar-refractivity contribution in [2.24, 2.45) is 5.92 Å². The molecular formula is C25H31F2NO2. The molecule has 0 radical (unpaired) electrons. The van der Waals surface area contributed by atoms with Crippen molar-refractivity contribution in [3.8, 4) is 11.6 Å². The zero-order chi connectivity index (χ0) is 21.5. The minimum Gasteiger partial charge on any atom is -0.487 e. The maximum absolute atomic E-state index is 15.3. The lowest BCUT2D eigenvalue weighted by Crippen LogP contribution is -2.22. The molecule has 2 aromatic rings. The van der Waals surface area contributed by atoms with Crippen molar-refractivity contribution in [2.45, 2.75) is 77.2 Å². The highest BCUT2D eigenvalue weighted by atomic mass is 19.1. The molecule has 4 rings (SSSR count). The first-order valence-corrected chi connectivity index (χ1v) is 11.0. The zero-order valence-corrected chi connectivity index (χ0v) is 18.3. The van der Waals surface area contributed by atoms with Crippen LogP contribution in [0.3, 0.4) is 0 Å². The van der Waals surface area contributed by atoms with Crippen LogP contribution in [0.4, 0.5) is 8.78 Å². The Balaban J connectivity index is 1.61. The Bertz CT molecular complexity index is 918. The van der Waals surface area contributed by atoms with Gasteiger partial charge in [-0.1, -0.05) is 33.8 Å². The minimum atomic E-state index is -0.417. The van der Waals surface area contributed by atoms with E-state index in [-0.39, 0.29) is 35.3 Å². The molecule has 30 heavy (non-hydrogen) atoms. The number of halogens is 2. The first kappa shape index (κ1) is 21.1. The second-order valence-electron chi connectivity index (χ2n) is 9.76. The molecule has 1 aromatic heterocycles. The molecule has 1 aromatic carbocycles. The molecule has 2 fully saturated rings. The maximum Gasteiger partial charge on any atom is 0.250 e. The number of ether oxygens (including phenoxy) is 2. The van der Waals surface area contributed by atoms with Crippen molar-refractivity contribution >= 4 is 0 Å². The van der Waals surface area contributed by atoms with Gasteiger partial charge < -0.3 is 9.47 Å². The summed E-state index contributed by atoms with van der Waals surface area (Å²) in [4.78, 5) is 4.43. The second kappa shape index (κ2) is 8.16. The highest BCUT2D eigenvalue weighted by Gasteiger charge is 2.29. The quantitative estimate of drug-likeness (QED) is 0.479. The summed E-state index contributed by atoms with van der Waals surface area (Å²) in [6.07, 6.45) is 4.79. The largest absolute Gasteiger partial charge is 0.487 e. The van der Waals surface area contributed by atoms with E-state index in [0.29, 0.717) is 24.5 Å². The van der Waals surface area contributed by atoms with Gasteiger partial charge in [0, 0.05) is 5.69 Å². The fourth-order valence-electron chi connectivity index (χ4n) is 3.54. The molecule has 0 saturated heterocycles. The standard InChI is InChI=1S/C25H31F2NO2/c1-15(2)21-11-17(23(27)24(28-21)29-14-16-5-6-16)13-25(3,4)18-7-10-20(26)22(12-18)30-19-8-9-19/h7,10-12,15-16,19H,5-6,8-9,13-14H2,1-4H3. The van der Waals surface area contributed by atoms with Gasteiger partial charge in [-0.25, -0.2) is 13.8 Å². The van der Waals surface area contributed by atoms with Crippen molar-refractivity contribution in [3.05, 3.63) is 52.7 Å². The third-order valence-electron chi connectivity index (χ3n) is 5.93. The van der Waals surface area contributed by atoms with Gasteiger partial charge in [0.05, 0.1) is 12.7 Å². The molecule has 0 atom stereocenters. The van der Waals surface area contributed by atoms with E-state index < -0.39 is 5.41 Å². The molecule has 0 spiro atoms. The number of hydrogen-bond acceptors (Lipinski definition) is 3. The summed E-state index contributed by atoms with van der Waals surface area (Å²) in [5.41, 5.74) is 1.91. The fourth-order valence-corrected chi connectivity index (χ4v) is 3.54. The van der Waals surface area contributed by atoms with E-state index in [1.54, 1.807) is 12.1 Å². The van der Waals surface area contributed by atoms with Gasteiger partial charge >= 0.3 is 0 Å². The monoisotopic (exact) mass is 415 g/mol. The first-order valence-electron chi connectivity index (χ1n) is 11.0. The van der Waals surface area contributed by atoms with E-state index in [4.69, 9.17) is 9.47 Å². The molecule has 3 nitrogen and oxygen atoms in total. The lowest BCUT2D eigenvalue weighted by Gasteiger charge is -2.27. The number of nitrogens with zero attached hydrogens (tertiary/aromatic N) is 1. The molecule has 2 aliphatic rings. The summed E-state index contributed by atoms with van der Waals surface area (Å²) in [6, 6.07) is 6.82. The highest BCUT2D eigenvalue weighted by molar-refractivity contribution is 5.38. The SMILES string of the molecule is CC(C)c1cc(CC(C)(C)c2ccc(F)c(OC3CC3)c2)c(F)c(OCC2CC2)n1. The van der Waals surface area contributed by atoms with Crippen LogP contribution >= 0.6 is 0 Å². The Morgan fingerprint density at radius 3 is 2.47 bits per heavy atom. The van der Waals surface area contributed by atoms with Crippen LogP contribution in [0.2, 0.25) is 0 Å². The Morgan fingerprint density at radius 1 is 1.10 bits per heavy atom. The van der Waals surface area contributed by atoms with E-state index in [1.807, 2.05) is 33.8 Å². The number of pyridine rings is 1. The number of aromatic nitrogens is 1. The van der Waals surface area contributed by atoms with E-state index in [1.165, 1.54) is 6.07 Å². The van der Waals surface area contributed by atoms with Crippen LogP contribution in [0, 0.1) is 17.6 Å². The average molecular weight is 416 g/mol. The topological polar surface area (TPSA) is 31.4 Å². The Morgan fingerprint density at radius 2 is 1.83 bits per heavy atom. The van der Waals surface area contributed by atoms with Gasteiger partial charge in [0.1, 0.15) is 0 Å². The first-order chi connectivity index (χ1) is 14.2. The van der Waals surface area contributed by atoms with E-state index in [0.717, 1.165) is 36.9 Å². The predicted molar refractivity (Wildman–Crippen MR) is 113 cm³/mol. The van der Waals surface area contributed by atoms with E-state index >= 15 is 4.39 Å².